The number of hydrogen-bond acceptors (Lipinski definition) is 4. The molecule has 0 aliphatic carbocycles. The number of halogens is 2. The highest BCUT2D eigenvalue weighted by molar-refractivity contribution is 7.89. The minimum Gasteiger partial charge on any atom is -0.464 e. The molecule has 1 atom stereocenters. The van der Waals surface area contributed by atoms with E-state index in [2.05, 4.69) is 0 Å². The lowest BCUT2D eigenvalue weighted by molar-refractivity contribution is 0.152. The Hall–Kier alpha value is -1.77. The van der Waals surface area contributed by atoms with Crippen LogP contribution in [0.5, 0.6) is 0 Å². The molecule has 0 fully saturated rings. The summed E-state index contributed by atoms with van der Waals surface area (Å²) >= 11 is 0. The molecule has 2 N–H and O–H groups in total. The molecule has 2 aromatic rings. The molecule has 1 aromatic heterocycles. The van der Waals surface area contributed by atoms with Crippen molar-refractivity contribution in [3.63, 3.8) is 0 Å². The van der Waals surface area contributed by atoms with Crippen molar-refractivity contribution in [3.05, 3.63) is 53.5 Å². The minimum atomic E-state index is -4.42. The van der Waals surface area contributed by atoms with Crippen molar-refractivity contribution in [1.29, 1.82) is 0 Å². The SMILES string of the molecule is Cc1ccc(C(O)CNS(=O)(=O)c2c(F)cccc2F)o1. The molecule has 0 bridgehead atoms. The molecular weight excluding hydrogens is 304 g/mol. The van der Waals surface area contributed by atoms with E-state index in [9.17, 15) is 22.3 Å². The first-order valence-electron chi connectivity index (χ1n) is 5.99. The van der Waals surface area contributed by atoms with Gasteiger partial charge in [0.05, 0.1) is 0 Å². The molecule has 114 valence electrons. The molecule has 21 heavy (non-hydrogen) atoms. The number of furan rings is 1. The maximum absolute atomic E-state index is 13.5. The molecule has 1 aromatic carbocycles. The lowest BCUT2D eigenvalue weighted by Gasteiger charge is -2.11. The monoisotopic (exact) mass is 317 g/mol. The zero-order valence-electron chi connectivity index (χ0n) is 11.0. The summed E-state index contributed by atoms with van der Waals surface area (Å²) in [7, 11) is -4.42. The molecule has 1 unspecified atom stereocenters. The van der Waals surface area contributed by atoms with E-state index >= 15 is 0 Å². The predicted octanol–water partition coefficient (Wildman–Crippen LogP) is 1.88. The Bertz CT molecular complexity index is 722. The van der Waals surface area contributed by atoms with Gasteiger partial charge in [-0.2, -0.15) is 0 Å². The van der Waals surface area contributed by atoms with E-state index in [0.29, 0.717) is 5.76 Å². The lowest BCUT2D eigenvalue weighted by atomic mass is 10.3. The lowest BCUT2D eigenvalue weighted by Crippen LogP contribution is -2.29. The molecule has 0 aliphatic heterocycles. The van der Waals surface area contributed by atoms with Gasteiger partial charge in [0.1, 0.15) is 29.3 Å². The summed E-state index contributed by atoms with van der Waals surface area (Å²) in [6.45, 7) is 1.19. The molecule has 0 saturated carbocycles. The van der Waals surface area contributed by atoms with Crippen LogP contribution in [0.2, 0.25) is 0 Å². The van der Waals surface area contributed by atoms with Crippen molar-refractivity contribution in [2.75, 3.05) is 6.54 Å². The van der Waals surface area contributed by atoms with Gasteiger partial charge < -0.3 is 9.52 Å². The summed E-state index contributed by atoms with van der Waals surface area (Å²) in [4.78, 5) is -1.08. The van der Waals surface area contributed by atoms with Gasteiger partial charge in [-0.3, -0.25) is 0 Å². The van der Waals surface area contributed by atoms with Crippen LogP contribution < -0.4 is 4.72 Å². The molecule has 0 saturated heterocycles. The van der Waals surface area contributed by atoms with Gasteiger partial charge in [-0.25, -0.2) is 21.9 Å². The third-order valence-corrected chi connectivity index (χ3v) is 4.22. The molecular formula is C13H13F2NO4S. The zero-order valence-corrected chi connectivity index (χ0v) is 11.8. The van der Waals surface area contributed by atoms with E-state index in [-0.39, 0.29) is 5.76 Å². The van der Waals surface area contributed by atoms with Crippen molar-refractivity contribution in [3.8, 4) is 0 Å². The Morgan fingerprint density at radius 1 is 1.24 bits per heavy atom. The number of aliphatic hydroxyl groups is 1. The normalized spacial score (nSPS) is 13.3. The van der Waals surface area contributed by atoms with Crippen LogP contribution in [0.1, 0.15) is 17.6 Å². The number of benzene rings is 1. The molecule has 5 nitrogen and oxygen atoms in total. The highest BCUT2D eigenvalue weighted by Gasteiger charge is 2.25. The maximum atomic E-state index is 13.5. The van der Waals surface area contributed by atoms with E-state index in [0.717, 1.165) is 18.2 Å². The first-order chi connectivity index (χ1) is 9.81. The molecule has 0 amide bonds. The standard InChI is InChI=1S/C13H13F2NO4S/c1-8-5-6-12(20-8)11(17)7-16-21(18,19)13-9(14)3-2-4-10(13)15/h2-6,11,16-17H,7H2,1H3. The minimum absolute atomic E-state index is 0.157. The summed E-state index contributed by atoms with van der Waals surface area (Å²) in [6, 6.07) is 5.82. The summed E-state index contributed by atoms with van der Waals surface area (Å²) in [6.07, 6.45) is -1.26. The van der Waals surface area contributed by atoms with Crippen LogP contribution in [0, 0.1) is 18.6 Å². The first kappa shape index (κ1) is 15.6. The van der Waals surface area contributed by atoms with Gasteiger partial charge in [0.15, 0.2) is 4.90 Å². The smallest absolute Gasteiger partial charge is 0.246 e. The van der Waals surface area contributed by atoms with Crippen LogP contribution >= 0.6 is 0 Å². The van der Waals surface area contributed by atoms with Gasteiger partial charge >= 0.3 is 0 Å². The van der Waals surface area contributed by atoms with E-state index in [1.54, 1.807) is 13.0 Å². The highest BCUT2D eigenvalue weighted by Crippen LogP contribution is 2.20. The van der Waals surface area contributed by atoms with Crippen molar-refractivity contribution in [1.82, 2.24) is 4.72 Å². The van der Waals surface area contributed by atoms with Crippen molar-refractivity contribution in [2.24, 2.45) is 0 Å². The van der Waals surface area contributed by atoms with Crippen LogP contribution in [-0.4, -0.2) is 20.1 Å². The van der Waals surface area contributed by atoms with E-state index in [1.165, 1.54) is 6.07 Å². The second kappa shape index (κ2) is 5.92. The quantitative estimate of drug-likeness (QED) is 0.882. The summed E-state index contributed by atoms with van der Waals surface area (Å²) in [5.74, 6) is -1.70. The highest BCUT2D eigenvalue weighted by atomic mass is 32.2. The zero-order chi connectivity index (χ0) is 15.6. The van der Waals surface area contributed by atoms with E-state index in [1.807, 2.05) is 4.72 Å². The number of nitrogens with one attached hydrogen (secondary N) is 1. The fourth-order valence-corrected chi connectivity index (χ4v) is 2.90. The summed E-state index contributed by atoms with van der Waals surface area (Å²) in [5.41, 5.74) is 0. The fraction of sp³-hybridized carbons (Fsp3) is 0.231. The largest absolute Gasteiger partial charge is 0.464 e. The van der Waals surface area contributed by atoms with Crippen LogP contribution in [0.15, 0.2) is 39.6 Å². The third kappa shape index (κ3) is 3.46. The van der Waals surface area contributed by atoms with Crippen LogP contribution in [0.25, 0.3) is 0 Å². The molecule has 0 spiro atoms. The van der Waals surface area contributed by atoms with Crippen LogP contribution in [0.3, 0.4) is 0 Å². The van der Waals surface area contributed by atoms with Gasteiger partial charge in [0.25, 0.3) is 0 Å². The molecule has 0 radical (unpaired) electrons. The average molecular weight is 317 g/mol. The fourth-order valence-electron chi connectivity index (χ4n) is 1.73. The van der Waals surface area contributed by atoms with Crippen molar-refractivity contribution >= 4 is 10.0 Å². The number of sulfonamides is 1. The number of aliphatic hydroxyl groups excluding tert-OH is 1. The topological polar surface area (TPSA) is 79.5 Å². The van der Waals surface area contributed by atoms with Gasteiger partial charge in [-0.15, -0.1) is 0 Å². The van der Waals surface area contributed by atoms with E-state index < -0.39 is 39.2 Å². The van der Waals surface area contributed by atoms with Crippen molar-refractivity contribution in [2.45, 2.75) is 17.9 Å². The number of rotatable bonds is 5. The summed E-state index contributed by atoms with van der Waals surface area (Å²) < 4.78 is 57.8. The van der Waals surface area contributed by atoms with Gasteiger partial charge in [0, 0.05) is 6.54 Å². The Morgan fingerprint density at radius 3 is 2.38 bits per heavy atom. The van der Waals surface area contributed by atoms with E-state index in [4.69, 9.17) is 4.42 Å². The maximum Gasteiger partial charge on any atom is 0.246 e. The van der Waals surface area contributed by atoms with Gasteiger partial charge in [0.2, 0.25) is 10.0 Å². The van der Waals surface area contributed by atoms with Crippen LogP contribution in [0.4, 0.5) is 8.78 Å². The third-order valence-electron chi connectivity index (χ3n) is 2.74. The molecule has 8 heteroatoms. The molecule has 0 aliphatic rings. The second-order valence-electron chi connectivity index (χ2n) is 4.37. The van der Waals surface area contributed by atoms with Crippen LogP contribution in [-0.2, 0) is 10.0 Å². The van der Waals surface area contributed by atoms with Crippen molar-refractivity contribution < 1.29 is 26.7 Å². The Morgan fingerprint density at radius 2 is 1.86 bits per heavy atom. The molecule has 2 rings (SSSR count). The predicted molar refractivity (Wildman–Crippen MR) is 70.0 cm³/mol. The second-order valence-corrected chi connectivity index (χ2v) is 6.07. The Labute approximate surface area is 120 Å². The average Bonchev–Trinajstić information content (AvgIpc) is 2.82. The Kier molecular flexibility index (Phi) is 4.40. The molecule has 1 heterocycles. The Balaban J connectivity index is 2.15. The number of aryl methyl sites for hydroxylation is 1. The van der Waals surface area contributed by atoms with Gasteiger partial charge in [-0.1, -0.05) is 6.07 Å². The summed E-state index contributed by atoms with van der Waals surface area (Å²) in [5, 5.41) is 9.77. The van der Waals surface area contributed by atoms with Gasteiger partial charge in [-0.05, 0) is 31.2 Å². The number of hydrogen-bond donors (Lipinski definition) is 2. The first-order valence-corrected chi connectivity index (χ1v) is 7.47.